The molecule has 2 heterocycles. The Labute approximate surface area is 178 Å². The van der Waals surface area contributed by atoms with Crippen molar-refractivity contribution in [3.05, 3.63) is 97.1 Å². The van der Waals surface area contributed by atoms with Crippen LogP contribution in [0.4, 0.5) is 0 Å². The zero-order chi connectivity index (χ0) is 20.6. The van der Waals surface area contributed by atoms with Crippen molar-refractivity contribution in [1.82, 2.24) is 19.9 Å². The van der Waals surface area contributed by atoms with Crippen molar-refractivity contribution < 1.29 is 4.74 Å². The maximum Gasteiger partial charge on any atom is 0.138 e. The zero-order valence-corrected chi connectivity index (χ0v) is 16.5. The van der Waals surface area contributed by atoms with Crippen LogP contribution in [-0.4, -0.2) is 19.9 Å². The van der Waals surface area contributed by atoms with Crippen LogP contribution < -0.4 is 4.74 Å². The molecule has 0 fully saturated rings. The van der Waals surface area contributed by atoms with Crippen molar-refractivity contribution in [2.45, 2.75) is 0 Å². The summed E-state index contributed by atoms with van der Waals surface area (Å²) in [5.74, 6) is 3.25. The van der Waals surface area contributed by atoms with Crippen molar-refractivity contribution in [2.75, 3.05) is 0 Å². The average Bonchev–Trinajstić information content (AvgIpc) is 3.44. The number of rotatable bonds is 4. The van der Waals surface area contributed by atoms with Gasteiger partial charge in [0.2, 0.25) is 0 Å². The summed E-state index contributed by atoms with van der Waals surface area (Å²) in [5.41, 5.74) is 6.02. The molecule has 0 saturated carbocycles. The summed E-state index contributed by atoms with van der Waals surface area (Å²) >= 11 is 0. The van der Waals surface area contributed by atoms with Gasteiger partial charge in [0.05, 0.1) is 22.1 Å². The molecule has 31 heavy (non-hydrogen) atoms. The van der Waals surface area contributed by atoms with Gasteiger partial charge in [-0.15, -0.1) is 0 Å². The Morgan fingerprint density at radius 1 is 0.484 bits per heavy atom. The van der Waals surface area contributed by atoms with Gasteiger partial charge in [-0.05, 0) is 72.8 Å². The number of nitrogens with one attached hydrogen (secondary N) is 2. The summed E-state index contributed by atoms with van der Waals surface area (Å²) in [6, 6.07) is 31.9. The third kappa shape index (κ3) is 3.32. The van der Waals surface area contributed by atoms with Crippen LogP contribution >= 0.6 is 0 Å². The summed E-state index contributed by atoms with van der Waals surface area (Å²) in [5, 5.41) is 0. The number of imidazole rings is 2. The largest absolute Gasteiger partial charge is 0.457 e. The minimum absolute atomic E-state index is 0.774. The van der Waals surface area contributed by atoms with Gasteiger partial charge in [-0.3, -0.25) is 0 Å². The lowest BCUT2D eigenvalue weighted by Crippen LogP contribution is -1.86. The number of aromatic amines is 2. The van der Waals surface area contributed by atoms with Crippen molar-refractivity contribution in [3.8, 4) is 34.3 Å². The number of benzene rings is 4. The quantitative estimate of drug-likeness (QED) is 0.351. The Morgan fingerprint density at radius 2 is 0.903 bits per heavy atom. The van der Waals surface area contributed by atoms with Gasteiger partial charge >= 0.3 is 0 Å². The van der Waals surface area contributed by atoms with Gasteiger partial charge in [0.25, 0.3) is 0 Å². The first-order valence-corrected chi connectivity index (χ1v) is 10.1. The minimum Gasteiger partial charge on any atom is -0.457 e. The number of hydrogen-bond donors (Lipinski definition) is 2. The fourth-order valence-electron chi connectivity index (χ4n) is 3.68. The van der Waals surface area contributed by atoms with E-state index in [0.29, 0.717) is 0 Å². The lowest BCUT2D eigenvalue weighted by Gasteiger charge is -2.07. The first-order valence-electron chi connectivity index (χ1n) is 10.1. The molecule has 148 valence electrons. The van der Waals surface area contributed by atoms with Crippen LogP contribution in [0.1, 0.15) is 0 Å². The second-order valence-corrected chi connectivity index (χ2v) is 7.36. The van der Waals surface area contributed by atoms with E-state index >= 15 is 0 Å². The first kappa shape index (κ1) is 17.5. The molecule has 0 amide bonds. The molecule has 4 aromatic carbocycles. The van der Waals surface area contributed by atoms with E-state index < -0.39 is 0 Å². The molecular weight excluding hydrogens is 384 g/mol. The summed E-state index contributed by atoms with van der Waals surface area (Å²) in [7, 11) is 0. The highest BCUT2D eigenvalue weighted by atomic mass is 16.5. The van der Waals surface area contributed by atoms with Crippen LogP contribution in [0.15, 0.2) is 97.1 Å². The number of nitrogens with zero attached hydrogens (tertiary/aromatic N) is 2. The number of aromatic nitrogens is 4. The van der Waals surface area contributed by atoms with E-state index in [2.05, 4.69) is 19.9 Å². The van der Waals surface area contributed by atoms with Crippen molar-refractivity contribution >= 4 is 22.1 Å². The Bertz CT molecular complexity index is 1310. The molecule has 0 aliphatic heterocycles. The highest BCUT2D eigenvalue weighted by molar-refractivity contribution is 5.80. The van der Waals surface area contributed by atoms with Crippen LogP contribution in [0, 0.1) is 0 Å². The molecule has 0 unspecified atom stereocenters. The molecule has 0 radical (unpaired) electrons. The molecule has 0 saturated heterocycles. The van der Waals surface area contributed by atoms with E-state index in [-0.39, 0.29) is 0 Å². The maximum atomic E-state index is 6.02. The zero-order valence-electron chi connectivity index (χ0n) is 16.5. The van der Waals surface area contributed by atoms with Gasteiger partial charge in [-0.1, -0.05) is 24.3 Å². The fraction of sp³-hybridized carbons (Fsp3) is 0. The second-order valence-electron chi connectivity index (χ2n) is 7.36. The highest BCUT2D eigenvalue weighted by Crippen LogP contribution is 2.28. The number of hydrogen-bond acceptors (Lipinski definition) is 3. The number of H-pyrrole nitrogens is 2. The molecule has 2 N–H and O–H groups in total. The van der Waals surface area contributed by atoms with Crippen LogP contribution in [0.25, 0.3) is 44.8 Å². The summed E-state index contributed by atoms with van der Waals surface area (Å²) in [6.07, 6.45) is 0. The Balaban J connectivity index is 1.20. The van der Waals surface area contributed by atoms with Gasteiger partial charge in [0.15, 0.2) is 0 Å². The fourth-order valence-corrected chi connectivity index (χ4v) is 3.68. The molecule has 0 atom stereocenters. The van der Waals surface area contributed by atoms with Gasteiger partial charge in [-0.2, -0.15) is 0 Å². The molecule has 2 aromatic heterocycles. The molecule has 5 nitrogen and oxygen atoms in total. The van der Waals surface area contributed by atoms with E-state index in [4.69, 9.17) is 4.74 Å². The number of para-hydroxylation sites is 4. The molecule has 6 rings (SSSR count). The average molecular weight is 402 g/mol. The third-order valence-electron chi connectivity index (χ3n) is 5.27. The van der Waals surface area contributed by atoms with Gasteiger partial charge in [-0.25, -0.2) is 9.97 Å². The number of fused-ring (bicyclic) bond motifs is 2. The smallest absolute Gasteiger partial charge is 0.138 e. The molecule has 0 spiro atoms. The molecule has 5 heteroatoms. The van der Waals surface area contributed by atoms with Gasteiger partial charge in [0, 0.05) is 11.1 Å². The molecular formula is C26H18N4O. The minimum atomic E-state index is 0.774. The van der Waals surface area contributed by atoms with E-state index in [1.54, 1.807) is 0 Å². The predicted octanol–water partition coefficient (Wildman–Crippen LogP) is 6.57. The van der Waals surface area contributed by atoms with Crippen LogP contribution in [0.3, 0.4) is 0 Å². The highest BCUT2D eigenvalue weighted by Gasteiger charge is 2.07. The molecule has 0 aliphatic carbocycles. The maximum absolute atomic E-state index is 6.02. The molecule has 6 aromatic rings. The SMILES string of the molecule is c1ccc2[nH]c(-c3ccc(Oc4ccc(-c5nc6ccccc6[nH]5)cc4)cc3)nc2c1. The van der Waals surface area contributed by atoms with E-state index in [1.165, 1.54) is 0 Å². The lowest BCUT2D eigenvalue weighted by molar-refractivity contribution is 0.483. The Kier molecular flexibility index (Phi) is 4.03. The predicted molar refractivity (Wildman–Crippen MR) is 123 cm³/mol. The Hall–Kier alpha value is -4.38. The summed E-state index contributed by atoms with van der Waals surface area (Å²) in [6.45, 7) is 0. The van der Waals surface area contributed by atoms with Gasteiger partial charge in [0.1, 0.15) is 23.1 Å². The summed E-state index contributed by atoms with van der Waals surface area (Å²) in [4.78, 5) is 16.0. The van der Waals surface area contributed by atoms with Crippen molar-refractivity contribution in [2.24, 2.45) is 0 Å². The summed E-state index contributed by atoms with van der Waals surface area (Å²) < 4.78 is 6.02. The van der Waals surface area contributed by atoms with E-state index in [9.17, 15) is 0 Å². The third-order valence-corrected chi connectivity index (χ3v) is 5.27. The first-order chi connectivity index (χ1) is 15.3. The molecule has 0 aliphatic rings. The number of ether oxygens (including phenoxy) is 1. The van der Waals surface area contributed by atoms with Crippen molar-refractivity contribution in [1.29, 1.82) is 0 Å². The van der Waals surface area contributed by atoms with Crippen LogP contribution in [0.2, 0.25) is 0 Å². The van der Waals surface area contributed by atoms with Gasteiger partial charge < -0.3 is 14.7 Å². The van der Waals surface area contributed by atoms with Crippen LogP contribution in [-0.2, 0) is 0 Å². The monoisotopic (exact) mass is 402 g/mol. The van der Waals surface area contributed by atoms with E-state index in [1.807, 2.05) is 97.1 Å². The standard InChI is InChI=1S/C26H18N4O/c1-2-6-22-21(5-1)27-25(28-22)17-9-13-19(14-10-17)31-20-15-11-18(12-16-20)26-29-23-7-3-4-8-24(23)30-26/h1-16H,(H,27,28)(H,29,30). The molecule has 0 bridgehead atoms. The topological polar surface area (TPSA) is 66.6 Å². The van der Waals surface area contributed by atoms with Crippen molar-refractivity contribution in [3.63, 3.8) is 0 Å². The van der Waals surface area contributed by atoms with Crippen LogP contribution in [0.5, 0.6) is 11.5 Å². The van der Waals surface area contributed by atoms with E-state index in [0.717, 1.165) is 56.3 Å². The second kappa shape index (κ2) is 7.15. The Morgan fingerprint density at radius 3 is 1.32 bits per heavy atom. The normalized spacial score (nSPS) is 11.2. The lowest BCUT2D eigenvalue weighted by atomic mass is 10.2.